The number of ether oxygens (including phenoxy) is 1. The van der Waals surface area contributed by atoms with E-state index in [1.54, 1.807) is 18.2 Å². The third kappa shape index (κ3) is 5.50. The van der Waals surface area contributed by atoms with Gasteiger partial charge in [0.2, 0.25) is 0 Å². The first-order chi connectivity index (χ1) is 13.7. The Kier molecular flexibility index (Phi) is 6.12. The molecule has 1 unspecified atom stereocenters. The van der Waals surface area contributed by atoms with E-state index in [0.717, 1.165) is 36.0 Å². The number of alkyl halides is 3. The van der Waals surface area contributed by atoms with Crippen LogP contribution in [-0.2, 0) is 20.5 Å². The summed E-state index contributed by atoms with van der Waals surface area (Å²) in [6.45, 7) is 1.36. The Morgan fingerprint density at radius 2 is 1.86 bits per heavy atom. The number of aromatic nitrogens is 1. The Balaban J connectivity index is 1.49. The lowest BCUT2D eigenvalue weighted by molar-refractivity contribution is -0.150. The average molecular weight is 424 g/mol. The predicted molar refractivity (Wildman–Crippen MR) is 100 cm³/mol. The molecule has 6 nitrogen and oxygen atoms in total. The van der Waals surface area contributed by atoms with Gasteiger partial charge in [0.05, 0.1) is 5.56 Å². The lowest BCUT2D eigenvalue weighted by atomic mass is 10.2. The molecule has 0 bridgehead atoms. The van der Waals surface area contributed by atoms with E-state index in [-0.39, 0.29) is 11.4 Å². The molecule has 2 aromatic carbocycles. The number of nitrogens with one attached hydrogen (secondary N) is 1. The Hall–Kier alpha value is -3.01. The number of anilines is 1. The highest BCUT2D eigenvalue weighted by Crippen LogP contribution is 2.30. The quantitative estimate of drug-likeness (QED) is 0.463. The van der Waals surface area contributed by atoms with Crippen LogP contribution in [0.25, 0.3) is 11.1 Å². The minimum absolute atomic E-state index is 0.120. The normalized spacial score (nSPS) is 12.6. The average Bonchev–Trinajstić information content (AvgIpc) is 3.09. The van der Waals surface area contributed by atoms with Gasteiger partial charge in [-0.1, -0.05) is 23.9 Å². The van der Waals surface area contributed by atoms with Gasteiger partial charge in [-0.25, -0.2) is 4.98 Å². The van der Waals surface area contributed by atoms with Crippen LogP contribution in [0, 0.1) is 0 Å². The second-order valence-electron chi connectivity index (χ2n) is 5.93. The number of rotatable bonds is 6. The molecular weight excluding hydrogens is 409 g/mol. The van der Waals surface area contributed by atoms with E-state index in [1.807, 2.05) is 6.07 Å². The van der Waals surface area contributed by atoms with E-state index in [4.69, 9.17) is 9.15 Å². The van der Waals surface area contributed by atoms with Crippen molar-refractivity contribution in [3.8, 4) is 0 Å². The van der Waals surface area contributed by atoms with Crippen molar-refractivity contribution in [3.05, 3.63) is 54.1 Å². The second-order valence-corrected chi connectivity index (χ2v) is 6.86. The number of para-hydroxylation sites is 2. The summed E-state index contributed by atoms with van der Waals surface area (Å²) in [7, 11) is 0. The van der Waals surface area contributed by atoms with Gasteiger partial charge in [-0.2, -0.15) is 13.2 Å². The van der Waals surface area contributed by atoms with Gasteiger partial charge in [0, 0.05) is 5.69 Å². The highest BCUT2D eigenvalue weighted by molar-refractivity contribution is 7.99. The Morgan fingerprint density at radius 1 is 1.17 bits per heavy atom. The third-order valence-corrected chi connectivity index (χ3v) is 4.55. The van der Waals surface area contributed by atoms with Crippen LogP contribution in [0.5, 0.6) is 0 Å². The van der Waals surface area contributed by atoms with Crippen molar-refractivity contribution in [2.45, 2.75) is 24.4 Å². The van der Waals surface area contributed by atoms with Crippen molar-refractivity contribution in [1.29, 1.82) is 0 Å². The van der Waals surface area contributed by atoms with E-state index in [0.29, 0.717) is 16.3 Å². The van der Waals surface area contributed by atoms with Gasteiger partial charge in [-0.3, -0.25) is 9.59 Å². The zero-order chi connectivity index (χ0) is 21.0. The van der Waals surface area contributed by atoms with Gasteiger partial charge in [-0.15, -0.1) is 0 Å². The molecule has 0 aliphatic carbocycles. The molecule has 10 heteroatoms. The van der Waals surface area contributed by atoms with Gasteiger partial charge in [0.1, 0.15) is 11.3 Å². The number of halogens is 3. The van der Waals surface area contributed by atoms with E-state index < -0.39 is 29.7 Å². The number of thioether (sulfide) groups is 1. The summed E-state index contributed by atoms with van der Waals surface area (Å²) in [6, 6.07) is 11.1. The molecule has 0 spiro atoms. The van der Waals surface area contributed by atoms with Gasteiger partial charge in [0.15, 0.2) is 11.7 Å². The van der Waals surface area contributed by atoms with E-state index in [9.17, 15) is 22.8 Å². The topological polar surface area (TPSA) is 81.4 Å². The smallest absolute Gasteiger partial charge is 0.416 e. The van der Waals surface area contributed by atoms with Gasteiger partial charge in [-0.05, 0) is 43.3 Å². The molecule has 0 aliphatic rings. The molecule has 1 aromatic heterocycles. The molecule has 0 fully saturated rings. The SMILES string of the molecule is CC(OC(=O)CSc1nc2ccccc2o1)C(=O)Nc1ccc(C(F)(F)F)cc1. The van der Waals surface area contributed by atoms with E-state index in [2.05, 4.69) is 10.3 Å². The first-order valence-corrected chi connectivity index (χ1v) is 9.37. The minimum atomic E-state index is -4.46. The number of esters is 1. The van der Waals surface area contributed by atoms with Crippen LogP contribution in [0.2, 0.25) is 0 Å². The van der Waals surface area contributed by atoms with Crippen molar-refractivity contribution < 1.29 is 31.9 Å². The summed E-state index contributed by atoms with van der Waals surface area (Å²) in [5, 5.41) is 2.69. The monoisotopic (exact) mass is 424 g/mol. The fourth-order valence-corrected chi connectivity index (χ4v) is 2.93. The number of oxazole rings is 1. The van der Waals surface area contributed by atoms with E-state index >= 15 is 0 Å². The number of nitrogens with zero attached hydrogens (tertiary/aromatic N) is 1. The summed E-state index contributed by atoms with van der Waals surface area (Å²) in [5.41, 5.74) is 0.582. The molecule has 0 saturated heterocycles. The predicted octanol–water partition coefficient (Wildman–Crippen LogP) is 4.51. The Morgan fingerprint density at radius 3 is 2.52 bits per heavy atom. The molecule has 0 radical (unpaired) electrons. The van der Waals surface area contributed by atoms with Crippen molar-refractivity contribution in [2.75, 3.05) is 11.1 Å². The lowest BCUT2D eigenvalue weighted by Crippen LogP contribution is -2.30. The molecule has 1 N–H and O–H groups in total. The minimum Gasteiger partial charge on any atom is -0.452 e. The molecule has 29 heavy (non-hydrogen) atoms. The van der Waals surface area contributed by atoms with Crippen LogP contribution in [0.3, 0.4) is 0 Å². The fraction of sp³-hybridized carbons (Fsp3) is 0.211. The summed E-state index contributed by atoms with van der Waals surface area (Å²) in [4.78, 5) is 28.2. The number of carbonyl (C=O) groups excluding carboxylic acids is 2. The van der Waals surface area contributed by atoms with Gasteiger partial charge < -0.3 is 14.5 Å². The second kappa shape index (κ2) is 8.56. The van der Waals surface area contributed by atoms with Crippen LogP contribution in [0.1, 0.15) is 12.5 Å². The molecule has 152 valence electrons. The summed E-state index contributed by atoms with van der Waals surface area (Å²) in [5.74, 6) is -1.44. The van der Waals surface area contributed by atoms with Gasteiger partial charge >= 0.3 is 12.1 Å². The largest absolute Gasteiger partial charge is 0.452 e. The molecule has 3 aromatic rings. The molecule has 3 rings (SSSR count). The molecule has 0 aliphatic heterocycles. The Bertz CT molecular complexity index is 985. The Labute approximate surface area is 167 Å². The summed E-state index contributed by atoms with van der Waals surface area (Å²) in [6.07, 6.45) is -5.59. The maximum Gasteiger partial charge on any atom is 0.416 e. The number of hydrogen-bond donors (Lipinski definition) is 1. The standard InChI is InChI=1S/C19H15F3N2O4S/c1-11(17(26)23-13-8-6-12(7-9-13)19(20,21)22)27-16(25)10-29-18-24-14-4-2-3-5-15(14)28-18/h2-9,11H,10H2,1H3,(H,23,26). The number of carbonyl (C=O) groups is 2. The molecule has 1 heterocycles. The van der Waals surface area contributed by atoms with Crippen molar-refractivity contribution >= 4 is 40.4 Å². The molecular formula is C19H15F3N2O4S. The number of hydrogen-bond acceptors (Lipinski definition) is 6. The third-order valence-electron chi connectivity index (χ3n) is 3.74. The highest BCUT2D eigenvalue weighted by atomic mass is 32.2. The summed E-state index contributed by atoms with van der Waals surface area (Å²) >= 11 is 1.03. The highest BCUT2D eigenvalue weighted by Gasteiger charge is 2.30. The van der Waals surface area contributed by atoms with Gasteiger partial charge in [0.25, 0.3) is 11.1 Å². The maximum atomic E-state index is 12.6. The molecule has 1 amide bonds. The van der Waals surface area contributed by atoms with Crippen LogP contribution in [0.15, 0.2) is 58.2 Å². The number of benzene rings is 2. The lowest BCUT2D eigenvalue weighted by Gasteiger charge is -2.14. The van der Waals surface area contributed by atoms with Crippen LogP contribution in [0.4, 0.5) is 18.9 Å². The van der Waals surface area contributed by atoms with Crippen LogP contribution in [-0.4, -0.2) is 28.7 Å². The van der Waals surface area contributed by atoms with Crippen LogP contribution >= 0.6 is 11.8 Å². The number of amides is 1. The van der Waals surface area contributed by atoms with Crippen molar-refractivity contribution in [1.82, 2.24) is 4.98 Å². The van der Waals surface area contributed by atoms with Crippen LogP contribution < -0.4 is 5.32 Å². The first kappa shape index (κ1) is 20.7. The fourth-order valence-electron chi connectivity index (χ4n) is 2.30. The van der Waals surface area contributed by atoms with Crippen molar-refractivity contribution in [2.24, 2.45) is 0 Å². The zero-order valence-corrected chi connectivity index (χ0v) is 15.8. The summed E-state index contributed by atoms with van der Waals surface area (Å²) < 4.78 is 48.2. The molecule has 0 saturated carbocycles. The maximum absolute atomic E-state index is 12.6. The number of fused-ring (bicyclic) bond motifs is 1. The zero-order valence-electron chi connectivity index (χ0n) is 15.0. The van der Waals surface area contributed by atoms with Crippen molar-refractivity contribution in [3.63, 3.8) is 0 Å². The first-order valence-electron chi connectivity index (χ1n) is 8.38. The van der Waals surface area contributed by atoms with E-state index in [1.165, 1.54) is 6.92 Å². The molecule has 1 atom stereocenters.